The lowest BCUT2D eigenvalue weighted by atomic mass is 9.82. The Bertz CT molecular complexity index is 962. The molecule has 0 saturated carbocycles. The van der Waals surface area contributed by atoms with Gasteiger partial charge in [-0.05, 0) is 30.9 Å². The number of pyridine rings is 1. The zero-order chi connectivity index (χ0) is 29.4. The van der Waals surface area contributed by atoms with Crippen LogP contribution in [0.15, 0.2) is 18.2 Å². The van der Waals surface area contributed by atoms with E-state index in [0.717, 1.165) is 37.6 Å². The quantitative estimate of drug-likeness (QED) is 0.523. The molecule has 3 fully saturated rings. The van der Waals surface area contributed by atoms with Crippen molar-refractivity contribution < 1.29 is 60.4 Å². The Balaban J connectivity index is 0.000000317. The molecule has 16 heteroatoms. The zero-order valence-electron chi connectivity index (χ0n) is 20.9. The number of fused-ring (bicyclic) bond motifs is 1. The maximum Gasteiger partial charge on any atom is 0.490 e. The summed E-state index contributed by atoms with van der Waals surface area (Å²) >= 11 is 0. The van der Waals surface area contributed by atoms with Gasteiger partial charge < -0.3 is 24.6 Å². The molecule has 1 aromatic heterocycles. The van der Waals surface area contributed by atoms with Crippen LogP contribution in [0.2, 0.25) is 0 Å². The minimum absolute atomic E-state index is 0.00711. The molecule has 1 aromatic rings. The van der Waals surface area contributed by atoms with Crippen molar-refractivity contribution in [1.29, 1.82) is 0 Å². The molecule has 4 rings (SSSR count). The number of carboxylic acid groups (broad SMARTS) is 2. The maximum atomic E-state index is 13.0. The van der Waals surface area contributed by atoms with Crippen molar-refractivity contribution in [3.05, 3.63) is 29.6 Å². The fourth-order valence-corrected chi connectivity index (χ4v) is 4.41. The summed E-state index contributed by atoms with van der Waals surface area (Å²) in [5.74, 6) is -4.41. The Morgan fingerprint density at radius 3 is 2.03 bits per heavy atom. The van der Waals surface area contributed by atoms with Gasteiger partial charge >= 0.3 is 24.3 Å². The fourth-order valence-electron chi connectivity index (χ4n) is 4.41. The first-order chi connectivity index (χ1) is 18.1. The van der Waals surface area contributed by atoms with Crippen LogP contribution in [0.1, 0.15) is 11.4 Å². The minimum atomic E-state index is -5.08. The van der Waals surface area contributed by atoms with Crippen LogP contribution in [0.4, 0.5) is 26.3 Å². The van der Waals surface area contributed by atoms with Gasteiger partial charge in [0.05, 0.1) is 38.0 Å². The monoisotopic (exact) mass is 573 g/mol. The molecule has 0 aliphatic carbocycles. The molecule has 2 N–H and O–H groups in total. The van der Waals surface area contributed by atoms with Crippen LogP contribution in [0.3, 0.4) is 0 Å². The second-order valence-corrected chi connectivity index (χ2v) is 9.08. The summed E-state index contributed by atoms with van der Waals surface area (Å²) in [7, 11) is 0. The predicted molar refractivity (Wildman–Crippen MR) is 120 cm³/mol. The van der Waals surface area contributed by atoms with Gasteiger partial charge in [-0.15, -0.1) is 0 Å². The lowest BCUT2D eigenvalue weighted by Gasteiger charge is -2.36. The number of carbonyl (C=O) groups is 3. The van der Waals surface area contributed by atoms with Crippen molar-refractivity contribution in [2.24, 2.45) is 17.8 Å². The van der Waals surface area contributed by atoms with E-state index in [2.05, 4.69) is 22.0 Å². The normalized spacial score (nSPS) is 23.5. The molecule has 3 aliphatic rings. The maximum absolute atomic E-state index is 13.0. The minimum Gasteiger partial charge on any atom is -0.475 e. The van der Waals surface area contributed by atoms with Gasteiger partial charge in [0.15, 0.2) is 0 Å². The Morgan fingerprint density at radius 2 is 1.51 bits per heavy atom. The zero-order valence-corrected chi connectivity index (χ0v) is 20.9. The van der Waals surface area contributed by atoms with Crippen molar-refractivity contribution in [2.75, 3.05) is 52.6 Å². The summed E-state index contributed by atoms with van der Waals surface area (Å²) in [4.78, 5) is 39.8. The lowest BCUT2D eigenvalue weighted by Crippen LogP contribution is -2.49. The van der Waals surface area contributed by atoms with Gasteiger partial charge in [-0.1, -0.05) is 6.07 Å². The highest BCUT2D eigenvalue weighted by atomic mass is 19.4. The Morgan fingerprint density at radius 1 is 0.949 bits per heavy atom. The molecule has 3 atom stereocenters. The van der Waals surface area contributed by atoms with Gasteiger partial charge in [0.2, 0.25) is 5.91 Å². The molecule has 0 aromatic carbocycles. The number of nitrogens with zero attached hydrogens (tertiary/aromatic N) is 3. The van der Waals surface area contributed by atoms with E-state index in [9.17, 15) is 31.1 Å². The van der Waals surface area contributed by atoms with Crippen LogP contribution in [0.25, 0.3) is 0 Å². The Kier molecular flexibility index (Phi) is 11.5. The van der Waals surface area contributed by atoms with E-state index >= 15 is 0 Å². The molecule has 220 valence electrons. The summed E-state index contributed by atoms with van der Waals surface area (Å²) in [5, 5.41) is 14.2. The highest BCUT2D eigenvalue weighted by molar-refractivity contribution is 5.79. The number of amides is 1. The molecule has 0 unspecified atom stereocenters. The summed E-state index contributed by atoms with van der Waals surface area (Å²) in [5.41, 5.74) is 2.16. The standard InChI is InChI=1S/C19H27N3O3.2C2HF3O2/c1-14-3-2-4-16(20-14)10-21-9-15-12-25-13-18(17(15)11-21)19(23)22-5-7-24-8-6-22;2*3-2(4,5)1(6)7/h2-4,15,17-18H,5-13H2,1H3;2*(H,6,7)/t15-,17-,18+;;/m1../s1. The first-order valence-corrected chi connectivity index (χ1v) is 11.8. The Hall–Kier alpha value is -2.98. The van der Waals surface area contributed by atoms with Crippen molar-refractivity contribution in [1.82, 2.24) is 14.8 Å². The average Bonchev–Trinajstić information content (AvgIpc) is 3.26. The van der Waals surface area contributed by atoms with E-state index in [-0.39, 0.29) is 11.8 Å². The van der Waals surface area contributed by atoms with Crippen LogP contribution < -0.4 is 0 Å². The number of likely N-dealkylation sites (tertiary alicyclic amines) is 1. The topological polar surface area (TPSA) is 130 Å². The molecule has 4 heterocycles. The number of ether oxygens (including phenoxy) is 2. The van der Waals surface area contributed by atoms with E-state index in [4.69, 9.17) is 29.3 Å². The summed E-state index contributed by atoms with van der Waals surface area (Å²) < 4.78 is 74.7. The number of carbonyl (C=O) groups excluding carboxylic acids is 1. The number of hydrogen-bond donors (Lipinski definition) is 2. The van der Waals surface area contributed by atoms with Gasteiger partial charge in [-0.25, -0.2) is 9.59 Å². The number of halogens is 6. The SMILES string of the molecule is Cc1cccc(CN2C[C@@H]3COC[C@H](C(=O)N4CCOCC4)[C@@H]3C2)n1.O=C(O)C(F)(F)F.O=C(O)C(F)(F)F. The lowest BCUT2D eigenvalue weighted by molar-refractivity contribution is -0.193. The van der Waals surface area contributed by atoms with Gasteiger partial charge in [-0.3, -0.25) is 14.7 Å². The second kappa shape index (κ2) is 13.9. The third kappa shape index (κ3) is 10.3. The van der Waals surface area contributed by atoms with Crippen LogP contribution in [0, 0.1) is 24.7 Å². The molecule has 0 radical (unpaired) electrons. The summed E-state index contributed by atoms with van der Waals surface area (Å²) in [6.07, 6.45) is -10.2. The van der Waals surface area contributed by atoms with Crippen LogP contribution in [-0.2, 0) is 30.4 Å². The predicted octanol–water partition coefficient (Wildman–Crippen LogP) is 2.21. The Labute approximate surface area is 219 Å². The first kappa shape index (κ1) is 32.2. The van der Waals surface area contributed by atoms with Crippen molar-refractivity contribution in [3.63, 3.8) is 0 Å². The number of aryl methyl sites for hydroxylation is 1. The van der Waals surface area contributed by atoms with Crippen LogP contribution >= 0.6 is 0 Å². The number of hydrogen-bond acceptors (Lipinski definition) is 7. The molecule has 10 nitrogen and oxygen atoms in total. The van der Waals surface area contributed by atoms with Gasteiger partial charge in [0, 0.05) is 38.4 Å². The molecule has 3 saturated heterocycles. The molecule has 0 spiro atoms. The van der Waals surface area contributed by atoms with Crippen LogP contribution in [0.5, 0.6) is 0 Å². The van der Waals surface area contributed by atoms with E-state index < -0.39 is 24.3 Å². The average molecular weight is 573 g/mol. The van der Waals surface area contributed by atoms with E-state index in [1.165, 1.54) is 0 Å². The van der Waals surface area contributed by atoms with Gasteiger partial charge in [-0.2, -0.15) is 26.3 Å². The van der Waals surface area contributed by atoms with Crippen LogP contribution in [-0.4, -0.2) is 108 Å². The summed E-state index contributed by atoms with van der Waals surface area (Å²) in [6.45, 7) is 8.90. The smallest absolute Gasteiger partial charge is 0.475 e. The second-order valence-electron chi connectivity index (χ2n) is 9.08. The number of rotatable bonds is 3. The highest BCUT2D eigenvalue weighted by Crippen LogP contribution is 2.35. The third-order valence-electron chi connectivity index (χ3n) is 6.17. The van der Waals surface area contributed by atoms with Crippen molar-refractivity contribution in [3.8, 4) is 0 Å². The van der Waals surface area contributed by atoms with Gasteiger partial charge in [0.25, 0.3) is 0 Å². The van der Waals surface area contributed by atoms with Crippen molar-refractivity contribution in [2.45, 2.75) is 25.8 Å². The first-order valence-electron chi connectivity index (χ1n) is 11.8. The third-order valence-corrected chi connectivity index (χ3v) is 6.17. The number of carboxylic acids is 2. The van der Waals surface area contributed by atoms with Crippen molar-refractivity contribution >= 4 is 17.8 Å². The molecule has 39 heavy (non-hydrogen) atoms. The van der Waals surface area contributed by atoms with E-state index in [0.29, 0.717) is 44.7 Å². The molecular weight excluding hydrogens is 544 g/mol. The number of alkyl halides is 6. The number of aliphatic carboxylic acids is 2. The molecule has 3 aliphatic heterocycles. The molecule has 0 bridgehead atoms. The van der Waals surface area contributed by atoms with E-state index in [1.807, 2.05) is 17.9 Å². The molecular formula is C23H29F6N3O7. The largest absolute Gasteiger partial charge is 0.490 e. The summed E-state index contributed by atoms with van der Waals surface area (Å²) in [6, 6.07) is 6.18. The molecule has 1 amide bonds. The van der Waals surface area contributed by atoms with Gasteiger partial charge in [0.1, 0.15) is 0 Å². The number of morpholine rings is 1. The van der Waals surface area contributed by atoms with E-state index in [1.54, 1.807) is 0 Å². The highest BCUT2D eigenvalue weighted by Gasteiger charge is 2.45. The number of aromatic nitrogens is 1. The fraction of sp³-hybridized carbons (Fsp3) is 0.652.